The lowest BCUT2D eigenvalue weighted by Crippen LogP contribution is -2.30. The molecule has 0 amide bonds. The van der Waals surface area contributed by atoms with Gasteiger partial charge < -0.3 is 15.0 Å². The van der Waals surface area contributed by atoms with Gasteiger partial charge in [0.05, 0.1) is 0 Å². The molecule has 0 unspecified atom stereocenters. The van der Waals surface area contributed by atoms with Crippen molar-refractivity contribution < 1.29 is 17.9 Å². The van der Waals surface area contributed by atoms with Gasteiger partial charge in [0.15, 0.2) is 0 Å². The van der Waals surface area contributed by atoms with E-state index in [2.05, 4.69) is 63.7 Å². The Morgan fingerprint density at radius 3 is 2.58 bits per heavy atom. The average Bonchev–Trinajstić information content (AvgIpc) is 3.24. The zero-order valence-electron chi connectivity index (χ0n) is 21.9. The van der Waals surface area contributed by atoms with Crippen molar-refractivity contribution in [3.8, 4) is 16.9 Å². The summed E-state index contributed by atoms with van der Waals surface area (Å²) in [6.45, 7) is 8.25. The molecule has 4 nitrogen and oxygen atoms in total. The predicted molar refractivity (Wildman–Crippen MR) is 146 cm³/mol. The SMILES string of the molecule is CCc1cc(OC(F)(F)F)ccc1-c1cn(CCCN)c2ccc(CN3CCc4cc(C)ccc4C3)cc12. The van der Waals surface area contributed by atoms with Gasteiger partial charge in [-0.1, -0.05) is 42.8 Å². The smallest absolute Gasteiger partial charge is 0.406 e. The zero-order valence-corrected chi connectivity index (χ0v) is 21.9. The number of rotatable bonds is 8. The molecule has 5 rings (SSSR count). The third-order valence-corrected chi connectivity index (χ3v) is 7.39. The summed E-state index contributed by atoms with van der Waals surface area (Å²) in [6.07, 6.45) is -0.120. The van der Waals surface area contributed by atoms with Crippen molar-refractivity contribution in [1.82, 2.24) is 9.47 Å². The van der Waals surface area contributed by atoms with E-state index in [4.69, 9.17) is 5.73 Å². The molecule has 2 N–H and O–H groups in total. The van der Waals surface area contributed by atoms with Crippen LogP contribution in [0.3, 0.4) is 0 Å². The van der Waals surface area contributed by atoms with Crippen molar-refractivity contribution in [2.75, 3.05) is 13.1 Å². The molecule has 0 radical (unpaired) electrons. The number of halogens is 3. The number of hydrogen-bond acceptors (Lipinski definition) is 3. The second-order valence-corrected chi connectivity index (χ2v) is 10.2. The molecule has 0 saturated carbocycles. The number of fused-ring (bicyclic) bond motifs is 2. The third-order valence-electron chi connectivity index (χ3n) is 7.39. The van der Waals surface area contributed by atoms with Crippen LogP contribution >= 0.6 is 0 Å². The van der Waals surface area contributed by atoms with Crippen molar-refractivity contribution in [1.29, 1.82) is 0 Å². The van der Waals surface area contributed by atoms with E-state index in [-0.39, 0.29) is 5.75 Å². The lowest BCUT2D eigenvalue weighted by atomic mass is 9.96. The van der Waals surface area contributed by atoms with Crippen LogP contribution in [0, 0.1) is 6.92 Å². The van der Waals surface area contributed by atoms with Gasteiger partial charge in [0.1, 0.15) is 5.75 Å². The summed E-state index contributed by atoms with van der Waals surface area (Å²) in [5, 5.41) is 1.10. The number of nitrogens with zero attached hydrogens (tertiary/aromatic N) is 2. The lowest BCUT2D eigenvalue weighted by Gasteiger charge is -2.29. The van der Waals surface area contributed by atoms with Crippen LogP contribution in [-0.2, 0) is 32.5 Å². The first kappa shape index (κ1) is 26.3. The molecular formula is C31H34F3N3O. The Morgan fingerprint density at radius 2 is 1.82 bits per heavy atom. The molecule has 0 bridgehead atoms. The predicted octanol–water partition coefficient (Wildman–Crippen LogP) is 6.98. The largest absolute Gasteiger partial charge is 0.573 e. The fourth-order valence-corrected chi connectivity index (χ4v) is 5.56. The summed E-state index contributed by atoms with van der Waals surface area (Å²) in [5.74, 6) is -0.189. The summed E-state index contributed by atoms with van der Waals surface area (Å²) in [6, 6.07) is 18.0. The summed E-state index contributed by atoms with van der Waals surface area (Å²) in [4.78, 5) is 2.48. The molecule has 1 aliphatic rings. The molecule has 2 heterocycles. The van der Waals surface area contributed by atoms with Crippen molar-refractivity contribution in [3.63, 3.8) is 0 Å². The Morgan fingerprint density at radius 1 is 0.974 bits per heavy atom. The Bertz CT molecular complexity index is 1440. The van der Waals surface area contributed by atoms with Gasteiger partial charge in [-0.05, 0) is 84.8 Å². The average molecular weight is 522 g/mol. The summed E-state index contributed by atoms with van der Waals surface area (Å²) >= 11 is 0. The first-order valence-corrected chi connectivity index (χ1v) is 13.3. The van der Waals surface area contributed by atoms with Crippen LogP contribution in [0.5, 0.6) is 5.75 Å². The van der Waals surface area contributed by atoms with Crippen LogP contribution in [0.1, 0.15) is 41.2 Å². The van der Waals surface area contributed by atoms with Crippen LogP contribution in [0.4, 0.5) is 13.2 Å². The van der Waals surface area contributed by atoms with E-state index < -0.39 is 6.36 Å². The molecule has 3 aromatic carbocycles. The van der Waals surface area contributed by atoms with Crippen molar-refractivity contribution >= 4 is 10.9 Å². The van der Waals surface area contributed by atoms with Gasteiger partial charge >= 0.3 is 6.36 Å². The Labute approximate surface area is 221 Å². The maximum atomic E-state index is 12.8. The second-order valence-electron chi connectivity index (χ2n) is 10.2. The van der Waals surface area contributed by atoms with E-state index in [1.807, 2.05) is 6.92 Å². The summed E-state index contributed by atoms with van der Waals surface area (Å²) < 4.78 is 44.9. The monoisotopic (exact) mass is 521 g/mol. The molecule has 0 atom stereocenters. The van der Waals surface area contributed by atoms with Gasteiger partial charge in [0.25, 0.3) is 0 Å². The first-order chi connectivity index (χ1) is 18.2. The van der Waals surface area contributed by atoms with E-state index in [1.165, 1.54) is 34.4 Å². The molecule has 0 saturated heterocycles. The van der Waals surface area contributed by atoms with Crippen molar-refractivity contribution in [2.45, 2.75) is 59.1 Å². The van der Waals surface area contributed by atoms with Crippen molar-refractivity contribution in [2.24, 2.45) is 5.73 Å². The molecule has 7 heteroatoms. The third kappa shape index (κ3) is 5.74. The van der Waals surface area contributed by atoms with Crippen LogP contribution in [0.15, 0.2) is 60.8 Å². The van der Waals surface area contributed by atoms with E-state index in [0.29, 0.717) is 13.0 Å². The summed E-state index contributed by atoms with van der Waals surface area (Å²) in [7, 11) is 0. The molecule has 38 heavy (non-hydrogen) atoms. The molecule has 200 valence electrons. The number of ether oxygens (including phenoxy) is 1. The highest BCUT2D eigenvalue weighted by Gasteiger charge is 2.31. The fraction of sp³-hybridized carbons (Fsp3) is 0.355. The normalized spacial score (nSPS) is 14.2. The topological polar surface area (TPSA) is 43.4 Å². The maximum Gasteiger partial charge on any atom is 0.573 e. The van der Waals surface area contributed by atoms with Gasteiger partial charge in [0, 0.05) is 48.8 Å². The zero-order chi connectivity index (χ0) is 26.9. The minimum atomic E-state index is -4.71. The molecular weight excluding hydrogens is 487 g/mol. The Balaban J connectivity index is 1.49. The Hall–Kier alpha value is -3.29. The number of hydrogen-bond donors (Lipinski definition) is 1. The second kappa shape index (κ2) is 10.8. The van der Waals surface area contributed by atoms with E-state index in [0.717, 1.165) is 66.6 Å². The van der Waals surface area contributed by atoms with E-state index in [9.17, 15) is 13.2 Å². The molecule has 0 fully saturated rings. The highest BCUT2D eigenvalue weighted by molar-refractivity contribution is 5.97. The number of benzene rings is 3. The van der Waals surface area contributed by atoms with E-state index >= 15 is 0 Å². The van der Waals surface area contributed by atoms with Gasteiger partial charge in [-0.15, -0.1) is 13.2 Å². The quantitative estimate of drug-likeness (QED) is 0.272. The van der Waals surface area contributed by atoms with Gasteiger partial charge in [0.2, 0.25) is 0 Å². The minimum Gasteiger partial charge on any atom is -0.406 e. The van der Waals surface area contributed by atoms with Gasteiger partial charge in [-0.2, -0.15) is 0 Å². The fourth-order valence-electron chi connectivity index (χ4n) is 5.56. The van der Waals surface area contributed by atoms with Crippen LogP contribution in [0.2, 0.25) is 0 Å². The number of alkyl halides is 3. The van der Waals surface area contributed by atoms with Gasteiger partial charge in [-0.25, -0.2) is 0 Å². The number of aromatic nitrogens is 1. The molecule has 0 spiro atoms. The highest BCUT2D eigenvalue weighted by Crippen LogP contribution is 2.37. The highest BCUT2D eigenvalue weighted by atomic mass is 19.4. The van der Waals surface area contributed by atoms with Crippen LogP contribution in [-0.4, -0.2) is 28.9 Å². The summed E-state index contributed by atoms with van der Waals surface area (Å²) in [5.41, 5.74) is 15.0. The van der Waals surface area contributed by atoms with Crippen molar-refractivity contribution in [3.05, 3.63) is 88.6 Å². The molecule has 0 aliphatic carbocycles. The molecule has 1 aliphatic heterocycles. The lowest BCUT2D eigenvalue weighted by molar-refractivity contribution is -0.274. The molecule has 1 aromatic heterocycles. The van der Waals surface area contributed by atoms with Crippen LogP contribution in [0.25, 0.3) is 22.0 Å². The standard InChI is InChI=1S/C31H34F3N3O/c1-3-23-17-26(38-31(32,33)34)8-9-27(23)29-20-37(13-4-12-35)30-10-6-22(16-28(29)30)18-36-14-11-24-15-21(2)5-7-25(24)19-36/h5-10,15-17,20H,3-4,11-14,18-19,35H2,1-2H3. The first-order valence-electron chi connectivity index (χ1n) is 13.3. The molecule has 4 aromatic rings. The van der Waals surface area contributed by atoms with E-state index in [1.54, 1.807) is 6.07 Å². The maximum absolute atomic E-state index is 12.8. The Kier molecular flexibility index (Phi) is 7.50. The van der Waals surface area contributed by atoms with Crippen LogP contribution < -0.4 is 10.5 Å². The minimum absolute atomic E-state index is 0.189. The number of aryl methyl sites for hydroxylation is 3. The number of nitrogens with two attached hydrogens (primary N) is 1. The van der Waals surface area contributed by atoms with Gasteiger partial charge in [-0.3, -0.25) is 4.90 Å².